The van der Waals surface area contributed by atoms with Crippen molar-refractivity contribution in [1.82, 2.24) is 9.97 Å². The summed E-state index contributed by atoms with van der Waals surface area (Å²) < 4.78 is 0. The first-order chi connectivity index (χ1) is 7.59. The molecule has 0 unspecified atom stereocenters. The van der Waals surface area contributed by atoms with E-state index in [2.05, 4.69) is 21.8 Å². The largest absolute Gasteiger partial charge is 0.288 e. The van der Waals surface area contributed by atoms with Crippen molar-refractivity contribution in [3.05, 3.63) is 22.2 Å². The Morgan fingerprint density at radius 1 is 1.56 bits per heavy atom. The molecule has 84 valence electrons. The van der Waals surface area contributed by atoms with E-state index < -0.39 is 0 Å². The van der Waals surface area contributed by atoms with Gasteiger partial charge in [-0.3, -0.25) is 4.79 Å². The van der Waals surface area contributed by atoms with Crippen LogP contribution in [0.15, 0.2) is 6.20 Å². The normalized spacial score (nSPS) is 9.44. The maximum absolute atomic E-state index is 10.6. The van der Waals surface area contributed by atoms with Crippen molar-refractivity contribution < 1.29 is 4.79 Å². The second-order valence-corrected chi connectivity index (χ2v) is 4.70. The van der Waals surface area contributed by atoms with E-state index in [0.29, 0.717) is 17.7 Å². The SMILES string of the molecule is CC(=O)SCCC#Cc1cnc(Cl)nc1Cl. The number of hydrogen-bond acceptors (Lipinski definition) is 4. The van der Waals surface area contributed by atoms with Crippen molar-refractivity contribution in [1.29, 1.82) is 0 Å². The molecule has 0 fully saturated rings. The molecule has 0 saturated heterocycles. The molecule has 0 N–H and O–H groups in total. The molecule has 3 nitrogen and oxygen atoms in total. The Hall–Kier alpha value is -0.760. The molecule has 0 radical (unpaired) electrons. The Morgan fingerprint density at radius 3 is 2.94 bits per heavy atom. The molecule has 0 saturated carbocycles. The predicted octanol–water partition coefficient (Wildman–Crippen LogP) is 2.80. The van der Waals surface area contributed by atoms with Crippen LogP contribution < -0.4 is 0 Å². The highest BCUT2D eigenvalue weighted by Gasteiger charge is 1.99. The molecule has 16 heavy (non-hydrogen) atoms. The van der Waals surface area contributed by atoms with Gasteiger partial charge in [0.25, 0.3) is 0 Å². The Morgan fingerprint density at radius 2 is 2.31 bits per heavy atom. The molecule has 0 spiro atoms. The maximum Gasteiger partial charge on any atom is 0.223 e. The molecule has 0 aliphatic rings. The highest BCUT2D eigenvalue weighted by molar-refractivity contribution is 8.13. The first kappa shape index (κ1) is 13.3. The zero-order chi connectivity index (χ0) is 12.0. The number of nitrogens with zero attached hydrogens (tertiary/aromatic N) is 2. The lowest BCUT2D eigenvalue weighted by atomic mass is 10.3. The average molecular weight is 275 g/mol. The molecule has 6 heteroatoms. The first-order valence-corrected chi connectivity index (χ1v) is 6.14. The number of rotatable bonds is 2. The standard InChI is InChI=1S/C10H8Cl2N2OS/c1-7(15)16-5-3-2-4-8-6-13-10(12)14-9(8)11/h6H,3,5H2,1H3. The molecule has 0 amide bonds. The predicted molar refractivity (Wildman–Crippen MR) is 66.7 cm³/mol. The van der Waals surface area contributed by atoms with Gasteiger partial charge in [-0.15, -0.1) is 0 Å². The van der Waals surface area contributed by atoms with Crippen LogP contribution in [0.1, 0.15) is 18.9 Å². The van der Waals surface area contributed by atoms with Gasteiger partial charge in [0.2, 0.25) is 5.28 Å². The number of carbonyl (C=O) groups excluding carboxylic acids is 1. The minimum absolute atomic E-state index is 0.0923. The molecule has 0 aliphatic heterocycles. The van der Waals surface area contributed by atoms with Gasteiger partial charge >= 0.3 is 0 Å². The highest BCUT2D eigenvalue weighted by atomic mass is 35.5. The second kappa shape index (κ2) is 6.74. The molecular weight excluding hydrogens is 267 g/mol. The molecule has 0 aliphatic carbocycles. The zero-order valence-corrected chi connectivity index (χ0v) is 10.8. The van der Waals surface area contributed by atoms with Gasteiger partial charge < -0.3 is 0 Å². The van der Waals surface area contributed by atoms with Crippen molar-refractivity contribution in [2.24, 2.45) is 0 Å². The van der Waals surface area contributed by atoms with Crippen LogP contribution in [0, 0.1) is 11.8 Å². The monoisotopic (exact) mass is 274 g/mol. The van der Waals surface area contributed by atoms with Crippen molar-refractivity contribution in [2.45, 2.75) is 13.3 Å². The highest BCUT2D eigenvalue weighted by Crippen LogP contribution is 2.12. The maximum atomic E-state index is 10.6. The van der Waals surface area contributed by atoms with Crippen LogP contribution in [-0.4, -0.2) is 20.8 Å². The molecule has 1 heterocycles. The van der Waals surface area contributed by atoms with E-state index >= 15 is 0 Å². The van der Waals surface area contributed by atoms with E-state index in [9.17, 15) is 4.79 Å². The minimum atomic E-state index is 0.0923. The summed E-state index contributed by atoms with van der Waals surface area (Å²) in [5, 5.41) is 0.434. The lowest BCUT2D eigenvalue weighted by molar-refractivity contribution is -0.109. The lowest BCUT2D eigenvalue weighted by Gasteiger charge is -1.94. The van der Waals surface area contributed by atoms with Gasteiger partial charge in [-0.25, -0.2) is 9.97 Å². The fraction of sp³-hybridized carbons (Fsp3) is 0.300. The molecule has 1 aromatic heterocycles. The summed E-state index contributed by atoms with van der Waals surface area (Å²) in [6, 6.07) is 0. The van der Waals surface area contributed by atoms with Crippen LogP contribution in [-0.2, 0) is 4.79 Å². The number of hydrogen-bond donors (Lipinski definition) is 0. The first-order valence-electron chi connectivity index (χ1n) is 4.40. The number of halogens is 2. The summed E-state index contributed by atoms with van der Waals surface area (Å²) in [7, 11) is 0. The molecule has 0 atom stereocenters. The molecular formula is C10H8Cl2N2OS. The third kappa shape index (κ3) is 4.84. The summed E-state index contributed by atoms with van der Waals surface area (Å²) in [5.41, 5.74) is 0.541. The molecule has 0 bridgehead atoms. The summed E-state index contributed by atoms with van der Waals surface area (Å²) >= 11 is 12.6. The van der Waals surface area contributed by atoms with Crippen LogP contribution in [0.4, 0.5) is 0 Å². The molecule has 0 aromatic carbocycles. The fourth-order valence-electron chi connectivity index (χ4n) is 0.829. The Labute approximate surface area is 108 Å². The van der Waals surface area contributed by atoms with E-state index in [1.807, 2.05) is 0 Å². The van der Waals surface area contributed by atoms with Crippen LogP contribution in [0.25, 0.3) is 0 Å². The second-order valence-electron chi connectivity index (χ2n) is 2.74. The van der Waals surface area contributed by atoms with E-state index in [1.54, 1.807) is 0 Å². The Kier molecular flexibility index (Phi) is 5.61. The van der Waals surface area contributed by atoms with Gasteiger partial charge in [0, 0.05) is 25.3 Å². The quantitative estimate of drug-likeness (QED) is 0.360. The van der Waals surface area contributed by atoms with Crippen LogP contribution in [0.2, 0.25) is 10.4 Å². The third-order valence-corrected chi connectivity index (χ3v) is 2.75. The van der Waals surface area contributed by atoms with E-state index in [0.717, 1.165) is 0 Å². The fourth-order valence-corrected chi connectivity index (χ4v) is 1.67. The average Bonchev–Trinajstić information content (AvgIpc) is 2.20. The van der Waals surface area contributed by atoms with Crippen molar-refractivity contribution in [2.75, 3.05) is 5.75 Å². The summed E-state index contributed by atoms with van der Waals surface area (Å²) in [5.74, 6) is 6.39. The topological polar surface area (TPSA) is 42.9 Å². The Bertz CT molecular complexity index is 454. The van der Waals surface area contributed by atoms with E-state index in [-0.39, 0.29) is 15.6 Å². The summed E-state index contributed by atoms with van der Waals surface area (Å²) in [4.78, 5) is 18.2. The van der Waals surface area contributed by atoms with Crippen LogP contribution in [0.5, 0.6) is 0 Å². The van der Waals surface area contributed by atoms with Crippen LogP contribution >= 0.6 is 35.0 Å². The van der Waals surface area contributed by atoms with Gasteiger partial charge in [-0.2, -0.15) is 0 Å². The van der Waals surface area contributed by atoms with Gasteiger partial charge in [0.15, 0.2) is 5.12 Å². The molecule has 1 rings (SSSR count). The number of thioether (sulfide) groups is 1. The minimum Gasteiger partial charge on any atom is -0.288 e. The summed E-state index contributed by atoms with van der Waals surface area (Å²) in [6.07, 6.45) is 2.09. The Balaban J connectivity index is 2.53. The van der Waals surface area contributed by atoms with Gasteiger partial charge in [-0.1, -0.05) is 35.2 Å². The smallest absolute Gasteiger partial charge is 0.223 e. The van der Waals surface area contributed by atoms with Gasteiger partial charge in [0.1, 0.15) is 5.15 Å². The van der Waals surface area contributed by atoms with Crippen molar-refractivity contribution in [3.63, 3.8) is 0 Å². The van der Waals surface area contributed by atoms with Crippen molar-refractivity contribution in [3.8, 4) is 11.8 Å². The third-order valence-electron chi connectivity index (χ3n) is 1.47. The lowest BCUT2D eigenvalue weighted by Crippen LogP contribution is -1.87. The van der Waals surface area contributed by atoms with E-state index in [4.69, 9.17) is 23.2 Å². The van der Waals surface area contributed by atoms with Crippen molar-refractivity contribution >= 4 is 40.1 Å². The molecule has 1 aromatic rings. The number of carbonyl (C=O) groups is 1. The number of aromatic nitrogens is 2. The van der Waals surface area contributed by atoms with Gasteiger partial charge in [0.05, 0.1) is 5.56 Å². The van der Waals surface area contributed by atoms with Crippen LogP contribution in [0.3, 0.4) is 0 Å². The van der Waals surface area contributed by atoms with Gasteiger partial charge in [-0.05, 0) is 11.6 Å². The summed E-state index contributed by atoms with van der Waals surface area (Å²) in [6.45, 7) is 1.53. The van der Waals surface area contributed by atoms with E-state index in [1.165, 1.54) is 24.9 Å². The zero-order valence-electron chi connectivity index (χ0n) is 8.46.